The van der Waals surface area contributed by atoms with Crippen LogP contribution in [0, 0.1) is 5.92 Å². The van der Waals surface area contributed by atoms with Crippen molar-refractivity contribution < 1.29 is 72.4 Å². The predicted octanol–water partition coefficient (Wildman–Crippen LogP) is 8.01. The van der Waals surface area contributed by atoms with Crippen molar-refractivity contribution in [2.75, 3.05) is 0 Å². The van der Waals surface area contributed by atoms with Gasteiger partial charge in [-0.1, -0.05) is 0 Å². The van der Waals surface area contributed by atoms with Crippen molar-refractivity contribution in [1.29, 1.82) is 0 Å². The maximum atomic E-state index is 14.5. The maximum Gasteiger partial charge on any atom is -1.00 e. The van der Waals surface area contributed by atoms with Gasteiger partial charge in [-0.05, 0) is 0 Å². The van der Waals surface area contributed by atoms with E-state index in [0.29, 0.717) is 14.3 Å². The van der Waals surface area contributed by atoms with Crippen LogP contribution in [0.4, 0.5) is 26.3 Å². The molecule has 6 rings (SSSR count). The van der Waals surface area contributed by atoms with Crippen molar-refractivity contribution >= 4 is 11.3 Å². The Hall–Kier alpha value is -2.51. The molecule has 0 aromatic heterocycles. The second kappa shape index (κ2) is 15.9. The number of hydrogen-bond acceptors (Lipinski definition) is 0. The Bertz CT molecular complexity index is 2120. The second-order valence-electron chi connectivity index (χ2n) is 18.1. The molecule has 1 atom stereocenters. The Kier molecular flexibility index (Phi) is 13.1. The van der Waals surface area contributed by atoms with E-state index in [2.05, 4.69) is 118 Å². The van der Waals surface area contributed by atoms with Crippen molar-refractivity contribution in [3.8, 4) is 11.1 Å². The van der Waals surface area contributed by atoms with Crippen molar-refractivity contribution in [1.82, 2.24) is 0 Å². The molecule has 0 saturated heterocycles. The third-order valence-electron chi connectivity index (χ3n) is 11.0. The van der Waals surface area contributed by atoms with Gasteiger partial charge in [0.2, 0.25) is 0 Å². The summed E-state index contributed by atoms with van der Waals surface area (Å²) in [5, 5.41) is 1.32. The van der Waals surface area contributed by atoms with Gasteiger partial charge in [0.1, 0.15) is 0 Å². The summed E-state index contributed by atoms with van der Waals surface area (Å²) in [7, 11) is -1.90. The zero-order valence-corrected chi connectivity index (χ0v) is 38.8. The Morgan fingerprint density at radius 1 is 0.589 bits per heavy atom. The molecule has 298 valence electrons. The molecule has 56 heavy (non-hydrogen) atoms. The molecule has 10 heteroatoms. The van der Waals surface area contributed by atoms with Gasteiger partial charge in [0.15, 0.2) is 0 Å². The van der Waals surface area contributed by atoms with Gasteiger partial charge < -0.3 is 24.8 Å². The minimum absolute atomic E-state index is 0. The average molecular weight is 907 g/mol. The number of benzene rings is 4. The van der Waals surface area contributed by atoms with Crippen molar-refractivity contribution in [2.24, 2.45) is 5.92 Å². The van der Waals surface area contributed by atoms with Crippen molar-refractivity contribution in [3.63, 3.8) is 0 Å². The van der Waals surface area contributed by atoms with Gasteiger partial charge >= 0.3 is 327 Å². The quantitative estimate of drug-likeness (QED) is 0.141. The first kappa shape index (κ1) is 46.2. The Morgan fingerprint density at radius 3 is 1.34 bits per heavy atom. The third kappa shape index (κ3) is 8.89. The summed E-state index contributed by atoms with van der Waals surface area (Å²) in [4.78, 5) is 0. The van der Waals surface area contributed by atoms with E-state index in [1.54, 1.807) is 12.1 Å². The van der Waals surface area contributed by atoms with Crippen LogP contribution in [0.2, 0.25) is 19.6 Å². The topological polar surface area (TPSA) is 0 Å². The molecule has 0 nitrogen and oxygen atoms in total. The smallest absolute Gasteiger partial charge is 1.00 e. The molecular formula is C46H50Cl2F6SiZr. The summed E-state index contributed by atoms with van der Waals surface area (Å²) in [5.41, 5.74) is 6.61. The maximum absolute atomic E-state index is 14.5. The van der Waals surface area contributed by atoms with Crippen molar-refractivity contribution in [2.45, 2.75) is 102 Å². The van der Waals surface area contributed by atoms with E-state index in [1.807, 2.05) is 0 Å². The van der Waals surface area contributed by atoms with Gasteiger partial charge in [-0.2, -0.15) is 0 Å². The first-order valence-electron chi connectivity index (χ1n) is 18.6. The van der Waals surface area contributed by atoms with E-state index in [0.717, 1.165) is 45.5 Å². The molecule has 1 unspecified atom stereocenters. The van der Waals surface area contributed by atoms with Gasteiger partial charge in [-0.25, -0.2) is 0 Å². The molecule has 0 spiro atoms. The Labute approximate surface area is 349 Å². The fourth-order valence-electron chi connectivity index (χ4n) is 8.32. The average Bonchev–Trinajstić information content (AvgIpc) is 3.54. The Balaban J connectivity index is 0.00000348. The van der Waals surface area contributed by atoms with Gasteiger partial charge in [-0.3, -0.25) is 0 Å². The molecule has 0 radical (unpaired) electrons. The molecule has 2 aliphatic carbocycles. The van der Waals surface area contributed by atoms with E-state index in [4.69, 9.17) is 0 Å². The third-order valence-corrected chi connectivity index (χ3v) is 22.4. The van der Waals surface area contributed by atoms with Crippen LogP contribution in [-0.2, 0) is 44.4 Å². The van der Waals surface area contributed by atoms with Crippen LogP contribution in [0.25, 0.3) is 11.1 Å². The molecule has 0 saturated carbocycles. The molecule has 4 aromatic rings. The number of alkyl halides is 6. The fourth-order valence-corrected chi connectivity index (χ4v) is 20.5. The number of fused-ring (bicyclic) bond motifs is 3. The Morgan fingerprint density at radius 2 is 1.00 bits per heavy atom. The van der Waals surface area contributed by atoms with Crippen molar-refractivity contribution in [3.05, 3.63) is 150 Å². The fraction of sp³-hybridized carbons (Fsp3) is 0.370. The summed E-state index contributed by atoms with van der Waals surface area (Å²) in [6, 6.07) is 23.9. The first-order chi connectivity index (χ1) is 24.8. The summed E-state index contributed by atoms with van der Waals surface area (Å²) in [6.45, 7) is 24.3. The van der Waals surface area contributed by atoms with E-state index in [-0.39, 0.29) is 45.2 Å². The number of halogens is 8. The molecule has 0 N–H and O–H groups in total. The standard InChI is InChI=1S/C21H25.C15H8F6.C10H17Si.2ClH.Zr/c1-20(2,3)16-7-9-18-14(12-16)11-15-13-17(21(4,5)6)8-10-19(15)18;16-14(17,18)12-5-1-3-10(8-12)7-11-4-2-6-13(9-11)15(19,20)21;1-8-6-9(2)10(7-8)11(3,4)5;;;/h7-13H,1-6H3;1-6,8-9H;7-8H,1-5H3;2*1H;/q;;;;;+2/p-2. The molecule has 2 aliphatic rings. The van der Waals surface area contributed by atoms with Crippen LogP contribution in [0.3, 0.4) is 0 Å². The SMILES string of the molecule is CC1=[C]([Zr+2](=[C](c2cccc(C(F)(F)F)c2)c2cccc(C(F)(F)F)c2)[CH]2c3cc(C(C)(C)C)ccc3-c3ccc(C(C)(C)C)cc32)C(C)C=C1[Si](C)(C)C.[Cl-].[Cl-]. The number of hydrogen-bond donors (Lipinski definition) is 0. The van der Waals surface area contributed by atoms with Crippen LogP contribution >= 0.6 is 0 Å². The van der Waals surface area contributed by atoms with E-state index < -0.39 is 52.8 Å². The van der Waals surface area contributed by atoms with E-state index >= 15 is 0 Å². The van der Waals surface area contributed by atoms with Crippen LogP contribution < -0.4 is 24.8 Å². The predicted molar refractivity (Wildman–Crippen MR) is 211 cm³/mol. The zero-order chi connectivity index (χ0) is 39.9. The summed E-state index contributed by atoms with van der Waals surface area (Å²) < 4.78 is 88.8. The van der Waals surface area contributed by atoms with Crippen LogP contribution in [0.15, 0.2) is 105 Å². The zero-order valence-electron chi connectivity index (χ0n) is 33.8. The first-order valence-corrected chi connectivity index (χ1v) is 26.0. The molecule has 0 aliphatic heterocycles. The molecule has 0 fully saturated rings. The molecule has 0 heterocycles. The minimum Gasteiger partial charge on any atom is -1.00 e. The summed E-state index contributed by atoms with van der Waals surface area (Å²) in [5.74, 6) is -0.0168. The number of rotatable bonds is 5. The number of allylic oxidation sites excluding steroid dienone is 4. The second-order valence-corrected chi connectivity index (χ2v) is 29.2. The summed E-state index contributed by atoms with van der Waals surface area (Å²) in [6.07, 6.45) is -6.91. The molecule has 0 amide bonds. The van der Waals surface area contributed by atoms with Crippen LogP contribution in [0.5, 0.6) is 0 Å². The van der Waals surface area contributed by atoms with E-state index in [9.17, 15) is 26.3 Å². The molecule has 4 aromatic carbocycles. The van der Waals surface area contributed by atoms with Gasteiger partial charge in [0.25, 0.3) is 0 Å². The molecule has 0 bridgehead atoms. The summed E-state index contributed by atoms with van der Waals surface area (Å²) >= 11 is -3.82. The van der Waals surface area contributed by atoms with E-state index in [1.165, 1.54) is 38.3 Å². The largest absolute Gasteiger partial charge is 1.00 e. The minimum atomic E-state index is -4.63. The molecular weight excluding hydrogens is 857 g/mol. The van der Waals surface area contributed by atoms with Gasteiger partial charge in [-0.15, -0.1) is 0 Å². The normalized spacial score (nSPS) is 16.0. The van der Waals surface area contributed by atoms with Crippen LogP contribution in [0.1, 0.15) is 104 Å². The van der Waals surface area contributed by atoms with Crippen LogP contribution in [-0.4, -0.2) is 11.3 Å². The van der Waals surface area contributed by atoms with Gasteiger partial charge in [0.05, 0.1) is 0 Å². The van der Waals surface area contributed by atoms with Gasteiger partial charge in [0, 0.05) is 0 Å². The monoisotopic (exact) mass is 904 g/mol.